The molecular formula is C20H24F3NO4S2. The zero-order valence-electron chi connectivity index (χ0n) is 16.5. The maximum atomic E-state index is 12.8. The molecule has 1 N–H and O–H groups in total. The molecule has 5 nitrogen and oxygen atoms in total. The molecule has 0 saturated heterocycles. The van der Waals surface area contributed by atoms with Crippen molar-refractivity contribution in [2.24, 2.45) is 11.8 Å². The first-order valence-corrected chi connectivity index (χ1v) is 11.4. The van der Waals surface area contributed by atoms with Crippen LogP contribution < -0.4 is 0 Å². The number of aliphatic hydroxyl groups excluding tert-OH is 1. The van der Waals surface area contributed by atoms with Crippen molar-refractivity contribution in [2.45, 2.75) is 49.0 Å². The Balaban J connectivity index is 1.72. The number of ether oxygens (including phenoxy) is 1. The fourth-order valence-electron chi connectivity index (χ4n) is 3.26. The Labute approximate surface area is 181 Å². The second-order valence-corrected chi connectivity index (χ2v) is 9.15. The molecule has 1 aromatic heterocycles. The quantitative estimate of drug-likeness (QED) is 0.340. The van der Waals surface area contributed by atoms with Crippen LogP contribution in [0.4, 0.5) is 13.2 Å². The topological polar surface area (TPSA) is 76.5 Å². The molecule has 0 saturated carbocycles. The number of allylic oxidation sites excluding steroid dienone is 3. The third-order valence-corrected chi connectivity index (χ3v) is 6.95. The summed E-state index contributed by atoms with van der Waals surface area (Å²) in [7, 11) is 1.30. The molecule has 30 heavy (non-hydrogen) atoms. The van der Waals surface area contributed by atoms with E-state index in [9.17, 15) is 27.9 Å². The van der Waals surface area contributed by atoms with Gasteiger partial charge < -0.3 is 9.84 Å². The molecule has 166 valence electrons. The number of esters is 1. The molecule has 10 heteroatoms. The largest absolute Gasteiger partial charge is 0.464 e. The average molecular weight is 464 g/mol. The predicted octanol–water partition coefficient (Wildman–Crippen LogP) is 5.17. The molecule has 0 aliphatic heterocycles. The zero-order valence-corrected chi connectivity index (χ0v) is 18.1. The Morgan fingerprint density at radius 3 is 2.80 bits per heavy atom. The Kier molecular flexibility index (Phi) is 10.1. The molecule has 0 radical (unpaired) electrons. The van der Waals surface area contributed by atoms with Crippen LogP contribution in [-0.4, -0.2) is 40.8 Å². The van der Waals surface area contributed by atoms with Crippen LogP contribution in [0.25, 0.3) is 0 Å². The highest BCUT2D eigenvalue weighted by Gasteiger charge is 2.29. The van der Waals surface area contributed by atoms with Gasteiger partial charge in [0.15, 0.2) is 21.6 Å². The van der Waals surface area contributed by atoms with Gasteiger partial charge in [0.1, 0.15) is 0 Å². The molecule has 1 heterocycles. The summed E-state index contributed by atoms with van der Waals surface area (Å²) in [5.74, 6) is -1.30. The van der Waals surface area contributed by atoms with E-state index in [4.69, 9.17) is 0 Å². The number of carbonyl (C=O) groups excluding carboxylic acids is 2. The van der Waals surface area contributed by atoms with Crippen molar-refractivity contribution in [1.82, 2.24) is 4.98 Å². The molecule has 2 rings (SSSR count). The summed E-state index contributed by atoms with van der Waals surface area (Å²) in [5.41, 5.74) is 0.268. The van der Waals surface area contributed by atoms with Gasteiger partial charge in [-0.2, -0.15) is 8.78 Å². The number of carbonyl (C=O) groups is 2. The number of aromatic nitrogens is 1. The van der Waals surface area contributed by atoms with Crippen LogP contribution in [0, 0.1) is 11.8 Å². The minimum atomic E-state index is -2.34. The van der Waals surface area contributed by atoms with Crippen molar-refractivity contribution in [3.8, 4) is 0 Å². The van der Waals surface area contributed by atoms with Crippen molar-refractivity contribution in [3.63, 3.8) is 0 Å². The first-order valence-electron chi connectivity index (χ1n) is 9.58. The van der Waals surface area contributed by atoms with E-state index < -0.39 is 30.4 Å². The Bertz CT molecular complexity index is 793. The molecule has 1 aliphatic rings. The molecule has 0 unspecified atom stereocenters. The van der Waals surface area contributed by atoms with E-state index in [1.54, 1.807) is 11.5 Å². The molecule has 1 aromatic rings. The van der Waals surface area contributed by atoms with Gasteiger partial charge in [0.25, 0.3) is 0 Å². The summed E-state index contributed by atoms with van der Waals surface area (Å²) in [6, 6.07) is 0. The van der Waals surface area contributed by atoms with Gasteiger partial charge in [-0.05, 0) is 37.7 Å². The van der Waals surface area contributed by atoms with Gasteiger partial charge in [-0.25, -0.2) is 14.2 Å². The van der Waals surface area contributed by atoms with E-state index in [1.807, 2.05) is 6.08 Å². The van der Waals surface area contributed by atoms with Gasteiger partial charge in [0.2, 0.25) is 0 Å². The molecule has 0 spiro atoms. The van der Waals surface area contributed by atoms with Crippen LogP contribution in [0.3, 0.4) is 0 Å². The lowest BCUT2D eigenvalue weighted by Crippen LogP contribution is -2.17. The average Bonchev–Trinajstić information content (AvgIpc) is 3.33. The molecule has 0 aromatic carbocycles. The minimum absolute atomic E-state index is 0.0515. The lowest BCUT2D eigenvalue weighted by atomic mass is 9.87. The van der Waals surface area contributed by atoms with E-state index in [-0.39, 0.29) is 29.7 Å². The monoisotopic (exact) mass is 463 g/mol. The van der Waals surface area contributed by atoms with Crippen molar-refractivity contribution >= 4 is 34.9 Å². The normalized spacial score (nSPS) is 19.2. The maximum absolute atomic E-state index is 12.8. The lowest BCUT2D eigenvalue weighted by molar-refractivity contribution is -0.118. The number of thiazole rings is 1. The number of thioether (sulfide) groups is 1. The van der Waals surface area contributed by atoms with Crippen LogP contribution in [0.1, 0.15) is 49.0 Å². The molecule has 3 atom stereocenters. The number of rotatable bonds is 12. The van der Waals surface area contributed by atoms with Crippen LogP contribution in [0.15, 0.2) is 33.8 Å². The molecule has 1 aliphatic carbocycles. The maximum Gasteiger partial charge on any atom is 0.357 e. The lowest BCUT2D eigenvalue weighted by Gasteiger charge is -2.18. The van der Waals surface area contributed by atoms with Gasteiger partial charge in [-0.15, -0.1) is 11.3 Å². The minimum Gasteiger partial charge on any atom is -0.464 e. The highest BCUT2D eigenvalue weighted by molar-refractivity contribution is 8.01. The van der Waals surface area contributed by atoms with Crippen LogP contribution in [0.5, 0.6) is 0 Å². The summed E-state index contributed by atoms with van der Waals surface area (Å²) in [6.45, 7) is 0. The van der Waals surface area contributed by atoms with Crippen LogP contribution in [-0.2, 0) is 9.53 Å². The van der Waals surface area contributed by atoms with Crippen LogP contribution in [0.2, 0.25) is 0 Å². The smallest absolute Gasteiger partial charge is 0.357 e. The summed E-state index contributed by atoms with van der Waals surface area (Å²) in [5, 5.41) is 11.5. The fourth-order valence-corrected chi connectivity index (χ4v) is 5.15. The Morgan fingerprint density at radius 2 is 2.10 bits per heavy atom. The van der Waals surface area contributed by atoms with E-state index in [2.05, 4.69) is 9.72 Å². The second-order valence-electron chi connectivity index (χ2n) is 6.95. The van der Waals surface area contributed by atoms with E-state index >= 15 is 0 Å². The number of hydrogen-bond acceptors (Lipinski definition) is 7. The zero-order chi connectivity index (χ0) is 22.1. The number of ketones is 1. The first kappa shape index (κ1) is 24.6. The summed E-state index contributed by atoms with van der Waals surface area (Å²) >= 11 is 2.83. The van der Waals surface area contributed by atoms with Crippen LogP contribution >= 0.6 is 23.1 Å². The van der Waals surface area contributed by atoms with E-state index in [1.165, 1.54) is 30.2 Å². The van der Waals surface area contributed by atoms with Crippen molar-refractivity contribution < 1.29 is 32.6 Å². The third-order valence-electron chi connectivity index (χ3n) is 4.90. The van der Waals surface area contributed by atoms with Gasteiger partial charge in [-0.1, -0.05) is 24.3 Å². The molecular weight excluding hydrogens is 439 g/mol. The standard InChI is InChI=1S/C20H24F3NO4S2/c1-28-19(27)16-11-30-20(24-16)29-10-9-14-12(5-8-17(14)26)3-2-4-13(25)6-7-15(21)18(22)23/h5,8,11-14,25H,2-4,6-7,9-10H2,1H3/t12-,13+,14+/m0/s1. The number of aliphatic hydroxyl groups is 1. The van der Waals surface area contributed by atoms with Gasteiger partial charge >= 0.3 is 12.0 Å². The summed E-state index contributed by atoms with van der Waals surface area (Å²) in [4.78, 5) is 27.8. The summed E-state index contributed by atoms with van der Waals surface area (Å²) < 4.78 is 42.2. The van der Waals surface area contributed by atoms with E-state index in [0.717, 1.165) is 4.34 Å². The summed E-state index contributed by atoms with van der Waals surface area (Å²) in [6.07, 6.45) is 2.09. The predicted molar refractivity (Wildman–Crippen MR) is 109 cm³/mol. The second kappa shape index (κ2) is 12.3. The number of methoxy groups -OCH3 is 1. The molecule has 0 amide bonds. The number of hydrogen-bond donors (Lipinski definition) is 1. The molecule has 0 fully saturated rings. The van der Waals surface area contributed by atoms with Gasteiger partial charge in [-0.3, -0.25) is 4.79 Å². The third kappa shape index (κ3) is 7.55. The van der Waals surface area contributed by atoms with Gasteiger partial charge in [0.05, 0.1) is 13.2 Å². The first-order chi connectivity index (χ1) is 14.3. The molecule has 0 bridgehead atoms. The highest BCUT2D eigenvalue weighted by Crippen LogP contribution is 2.33. The van der Waals surface area contributed by atoms with Crippen molar-refractivity contribution in [1.29, 1.82) is 0 Å². The van der Waals surface area contributed by atoms with E-state index in [0.29, 0.717) is 31.4 Å². The highest BCUT2D eigenvalue weighted by atomic mass is 32.2. The SMILES string of the molecule is COC(=O)c1csc(SCC[C@H]2C(=O)C=C[C@@H]2CCC[C@@H](O)CCC(F)=C(F)F)n1. The Hall–Kier alpha value is -1.65. The fraction of sp³-hybridized carbons (Fsp3) is 0.550. The number of halogens is 3. The Morgan fingerprint density at radius 1 is 1.33 bits per heavy atom. The van der Waals surface area contributed by atoms with Crippen molar-refractivity contribution in [3.05, 3.63) is 35.1 Å². The van der Waals surface area contributed by atoms with Gasteiger partial charge in [0, 0.05) is 23.5 Å². The number of nitrogens with zero attached hydrogens (tertiary/aromatic N) is 1. The van der Waals surface area contributed by atoms with Crippen molar-refractivity contribution in [2.75, 3.05) is 12.9 Å².